The first kappa shape index (κ1) is 38.0. The predicted octanol–water partition coefficient (Wildman–Crippen LogP) is 6.48. The molecule has 3 amide bonds. The minimum absolute atomic E-state index is 0.0707. The van der Waals surface area contributed by atoms with Crippen molar-refractivity contribution in [3.8, 4) is 23.7 Å². The molecule has 0 bridgehead atoms. The topological polar surface area (TPSA) is 95.5 Å². The van der Waals surface area contributed by atoms with Gasteiger partial charge in [-0.05, 0) is 101 Å². The first-order chi connectivity index (χ1) is 26.0. The number of carbonyl (C=O) groups excluding carboxylic acids is 3. The monoisotopic (exact) mass is 719 g/mol. The van der Waals surface area contributed by atoms with Crippen LogP contribution in [-0.4, -0.2) is 69.7 Å². The summed E-state index contributed by atoms with van der Waals surface area (Å²) >= 11 is 0. The van der Waals surface area contributed by atoms with Crippen LogP contribution in [0.3, 0.4) is 0 Å². The third kappa shape index (κ3) is 8.56. The van der Waals surface area contributed by atoms with Crippen LogP contribution in [0.25, 0.3) is 0 Å². The van der Waals surface area contributed by atoms with Gasteiger partial charge in [-0.25, -0.2) is 0 Å². The van der Waals surface area contributed by atoms with Gasteiger partial charge in [0.25, 0.3) is 0 Å². The summed E-state index contributed by atoms with van der Waals surface area (Å²) in [5.41, 5.74) is 4.68. The summed E-state index contributed by atoms with van der Waals surface area (Å²) in [5, 5.41) is 2.68. The zero-order valence-corrected chi connectivity index (χ0v) is 31.9. The standard InChI is InChI=1S/C21H20N2O.C21H22N2O.C4H7NO/c1-23-19-9-5-8-17(19)20(21(23)24)18-13-12-16(14-22-18)11-10-15-6-3-2-4-7-15;1-20(2)15-21(3,19(24)23(20)4)18-13-12-17(14-22-18)11-10-16-8-6-5-7-9-16;6-4-2-1-3-5-4/h2-4,6-7,12-14,17,19-20H,5,8-9H2,1H3;5-9,12-14H,15H2,1-4H3;1-3H2,(H,5,6). The summed E-state index contributed by atoms with van der Waals surface area (Å²) in [6.45, 7) is 7.06. The van der Waals surface area contributed by atoms with Crippen molar-refractivity contribution in [2.75, 3.05) is 20.6 Å². The molecule has 8 nitrogen and oxygen atoms in total. The zero-order chi connectivity index (χ0) is 38.3. The first-order valence-electron chi connectivity index (χ1n) is 18.8. The highest BCUT2D eigenvalue weighted by Gasteiger charge is 2.53. The normalized spacial score (nSPS) is 23.4. The first-order valence-corrected chi connectivity index (χ1v) is 18.8. The fourth-order valence-electron chi connectivity index (χ4n) is 8.01. The van der Waals surface area contributed by atoms with E-state index in [0.717, 1.165) is 72.3 Å². The van der Waals surface area contributed by atoms with Crippen LogP contribution in [0.1, 0.15) is 98.9 Å². The second-order valence-electron chi connectivity index (χ2n) is 15.4. The fraction of sp³-hybridized carbons (Fsp3) is 0.370. The van der Waals surface area contributed by atoms with Crippen LogP contribution in [0.15, 0.2) is 97.3 Å². The van der Waals surface area contributed by atoms with Crippen LogP contribution in [-0.2, 0) is 19.8 Å². The molecular weight excluding hydrogens is 671 g/mol. The van der Waals surface area contributed by atoms with E-state index in [1.165, 1.54) is 6.42 Å². The van der Waals surface area contributed by atoms with Crippen molar-refractivity contribution in [1.29, 1.82) is 0 Å². The summed E-state index contributed by atoms with van der Waals surface area (Å²) in [6.07, 6.45) is 9.54. The SMILES string of the molecule is CN1C(=O)C(C)(c2ccc(C#Cc3ccccc3)cn2)CC1(C)C.CN1C(=O)C(c2ccc(C#Cc3ccccc3)cn2)C2CCCC21.O=C1CCCN1. The summed E-state index contributed by atoms with van der Waals surface area (Å²) in [4.78, 5) is 48.3. The Hall–Kier alpha value is -5.73. The number of amides is 3. The van der Waals surface area contributed by atoms with Crippen molar-refractivity contribution in [2.45, 2.75) is 82.2 Å². The molecule has 276 valence electrons. The number of likely N-dealkylation sites (N-methyl/N-ethyl adjacent to an activating group) is 2. The van der Waals surface area contributed by atoms with Gasteiger partial charge >= 0.3 is 0 Å². The Morgan fingerprint density at radius 1 is 0.704 bits per heavy atom. The van der Waals surface area contributed by atoms with Crippen molar-refractivity contribution in [3.63, 3.8) is 0 Å². The number of pyridine rings is 2. The van der Waals surface area contributed by atoms with Gasteiger partial charge in [0.05, 0.1) is 22.7 Å². The molecule has 2 aromatic carbocycles. The maximum absolute atomic E-state index is 12.7. The van der Waals surface area contributed by atoms with Crippen molar-refractivity contribution in [1.82, 2.24) is 25.1 Å². The van der Waals surface area contributed by atoms with E-state index in [9.17, 15) is 14.4 Å². The lowest BCUT2D eigenvalue weighted by molar-refractivity contribution is -0.133. The molecule has 1 N–H and O–H groups in total. The molecule has 8 heteroatoms. The van der Waals surface area contributed by atoms with Gasteiger partial charge in [-0.1, -0.05) is 66.5 Å². The second kappa shape index (κ2) is 16.5. The summed E-state index contributed by atoms with van der Waals surface area (Å²) < 4.78 is 0. The molecule has 3 aliphatic heterocycles. The number of nitrogens with zero attached hydrogens (tertiary/aromatic N) is 4. The third-order valence-electron chi connectivity index (χ3n) is 11.1. The highest BCUT2D eigenvalue weighted by molar-refractivity contribution is 5.90. The number of rotatable bonds is 2. The minimum Gasteiger partial charge on any atom is -0.356 e. The Labute approximate surface area is 319 Å². The van der Waals surface area contributed by atoms with Crippen molar-refractivity contribution < 1.29 is 14.4 Å². The van der Waals surface area contributed by atoms with Gasteiger partial charge in [-0.2, -0.15) is 0 Å². The number of benzene rings is 2. The summed E-state index contributed by atoms with van der Waals surface area (Å²) in [5.74, 6) is 13.4. The van der Waals surface area contributed by atoms with E-state index in [4.69, 9.17) is 0 Å². The number of fused-ring (bicyclic) bond motifs is 1. The van der Waals surface area contributed by atoms with Crippen molar-refractivity contribution >= 4 is 17.7 Å². The Balaban J connectivity index is 0.000000159. The molecule has 4 unspecified atom stereocenters. The average Bonchev–Trinajstić information content (AvgIpc) is 3.96. The lowest BCUT2D eigenvalue weighted by Crippen LogP contribution is -2.38. The van der Waals surface area contributed by atoms with E-state index in [0.29, 0.717) is 12.0 Å². The van der Waals surface area contributed by atoms with Crippen LogP contribution in [0.2, 0.25) is 0 Å². The molecule has 8 rings (SSSR count). The summed E-state index contributed by atoms with van der Waals surface area (Å²) in [6, 6.07) is 28.0. The number of hydrogen-bond acceptors (Lipinski definition) is 5. The van der Waals surface area contributed by atoms with Crippen LogP contribution in [0.5, 0.6) is 0 Å². The van der Waals surface area contributed by atoms with Gasteiger partial charge in [0.1, 0.15) is 0 Å². The molecule has 0 spiro atoms. The molecule has 2 aromatic heterocycles. The lowest BCUT2D eigenvalue weighted by atomic mass is 9.80. The molecule has 1 saturated carbocycles. The van der Waals surface area contributed by atoms with Crippen molar-refractivity contribution in [3.05, 3.63) is 131 Å². The molecule has 5 heterocycles. The zero-order valence-electron chi connectivity index (χ0n) is 31.9. The molecule has 4 aliphatic rings. The highest BCUT2D eigenvalue weighted by atomic mass is 16.2. The number of likely N-dealkylation sites (tertiary alicyclic amines) is 2. The quantitative estimate of drug-likeness (QED) is 0.240. The van der Waals surface area contributed by atoms with Gasteiger partial charge in [0.2, 0.25) is 17.7 Å². The highest BCUT2D eigenvalue weighted by Crippen LogP contribution is 2.46. The maximum atomic E-state index is 12.7. The van der Waals surface area contributed by atoms with Crippen LogP contribution in [0, 0.1) is 29.6 Å². The van der Waals surface area contributed by atoms with E-state index < -0.39 is 5.41 Å². The maximum Gasteiger partial charge on any atom is 0.234 e. The molecule has 1 aliphatic carbocycles. The summed E-state index contributed by atoms with van der Waals surface area (Å²) in [7, 11) is 3.80. The van der Waals surface area contributed by atoms with Crippen molar-refractivity contribution in [2.24, 2.45) is 5.92 Å². The van der Waals surface area contributed by atoms with E-state index in [1.54, 1.807) is 12.4 Å². The minimum atomic E-state index is -0.566. The van der Waals surface area contributed by atoms with Gasteiger partial charge in [0, 0.05) is 73.3 Å². The smallest absolute Gasteiger partial charge is 0.234 e. The van der Waals surface area contributed by atoms with Crippen LogP contribution >= 0.6 is 0 Å². The Bertz CT molecular complexity index is 2070. The molecular formula is C46H49N5O3. The van der Waals surface area contributed by atoms with E-state index >= 15 is 0 Å². The van der Waals surface area contributed by atoms with Gasteiger partial charge in [0.15, 0.2) is 0 Å². The van der Waals surface area contributed by atoms with Crippen LogP contribution in [0.4, 0.5) is 0 Å². The molecule has 4 atom stereocenters. The second-order valence-corrected chi connectivity index (χ2v) is 15.4. The molecule has 4 aromatic rings. The molecule has 54 heavy (non-hydrogen) atoms. The van der Waals surface area contributed by atoms with Gasteiger partial charge < -0.3 is 15.1 Å². The van der Waals surface area contributed by atoms with E-state index in [-0.39, 0.29) is 29.2 Å². The fourth-order valence-corrected chi connectivity index (χ4v) is 8.01. The number of hydrogen-bond donors (Lipinski definition) is 1. The number of nitrogens with one attached hydrogen (secondary N) is 1. The van der Waals surface area contributed by atoms with Crippen LogP contribution < -0.4 is 5.32 Å². The predicted molar refractivity (Wildman–Crippen MR) is 211 cm³/mol. The largest absolute Gasteiger partial charge is 0.356 e. The lowest BCUT2D eigenvalue weighted by Gasteiger charge is -2.26. The third-order valence-corrected chi connectivity index (χ3v) is 11.1. The van der Waals surface area contributed by atoms with Gasteiger partial charge in [-0.15, -0.1) is 0 Å². The van der Waals surface area contributed by atoms with Gasteiger partial charge in [-0.3, -0.25) is 24.4 Å². The molecule has 3 saturated heterocycles. The Morgan fingerprint density at radius 3 is 1.76 bits per heavy atom. The Kier molecular flexibility index (Phi) is 11.6. The van der Waals surface area contributed by atoms with E-state index in [1.807, 2.05) is 116 Å². The number of aromatic nitrogens is 2. The number of carbonyl (C=O) groups is 3. The molecule has 0 radical (unpaired) electrons. The average molecular weight is 720 g/mol. The molecule has 4 fully saturated rings. The Morgan fingerprint density at radius 2 is 1.30 bits per heavy atom. The van der Waals surface area contributed by atoms with E-state index in [2.05, 4.69) is 52.8 Å².